The van der Waals surface area contributed by atoms with Crippen LogP contribution in [0.15, 0.2) is 11.6 Å². The highest BCUT2D eigenvalue weighted by atomic mass is 32.1. The lowest BCUT2D eigenvalue weighted by atomic mass is 10.0. The van der Waals surface area contributed by atoms with E-state index in [0.29, 0.717) is 18.0 Å². The van der Waals surface area contributed by atoms with Gasteiger partial charge in [0, 0.05) is 17.6 Å². The van der Waals surface area contributed by atoms with E-state index in [1.54, 1.807) is 11.3 Å². The SMILES string of the molecule is CNCC1CCN(C(C)C)C1c1nccs1. The molecule has 0 amide bonds. The van der Waals surface area contributed by atoms with E-state index in [9.17, 15) is 0 Å². The third kappa shape index (κ3) is 2.29. The van der Waals surface area contributed by atoms with Crippen LogP contribution in [0.5, 0.6) is 0 Å². The number of thiazole rings is 1. The van der Waals surface area contributed by atoms with Crippen molar-refractivity contribution in [3.05, 3.63) is 16.6 Å². The van der Waals surface area contributed by atoms with Crippen LogP contribution in [-0.2, 0) is 0 Å². The number of nitrogens with one attached hydrogen (secondary N) is 1. The molecule has 0 radical (unpaired) electrons. The second-order valence-corrected chi connectivity index (χ2v) is 5.68. The highest BCUT2D eigenvalue weighted by Gasteiger charge is 2.37. The van der Waals surface area contributed by atoms with Crippen molar-refractivity contribution in [2.45, 2.75) is 32.4 Å². The molecule has 2 atom stereocenters. The van der Waals surface area contributed by atoms with Gasteiger partial charge in [0.2, 0.25) is 0 Å². The third-order valence-corrected chi connectivity index (χ3v) is 4.24. The molecule has 2 unspecified atom stereocenters. The van der Waals surface area contributed by atoms with Crippen LogP contribution < -0.4 is 5.32 Å². The first kappa shape index (κ1) is 12.0. The molecule has 0 bridgehead atoms. The summed E-state index contributed by atoms with van der Waals surface area (Å²) in [5.41, 5.74) is 0. The van der Waals surface area contributed by atoms with E-state index in [2.05, 4.69) is 34.4 Å². The van der Waals surface area contributed by atoms with Crippen molar-refractivity contribution in [3.63, 3.8) is 0 Å². The number of nitrogens with zero attached hydrogens (tertiary/aromatic N) is 2. The van der Waals surface area contributed by atoms with Gasteiger partial charge in [-0.15, -0.1) is 11.3 Å². The molecule has 1 N–H and O–H groups in total. The van der Waals surface area contributed by atoms with E-state index in [0.717, 1.165) is 6.54 Å². The standard InChI is InChI=1S/C12H21N3S/c1-9(2)15-6-4-10(8-13-3)11(15)12-14-5-7-16-12/h5,7,9-11,13H,4,6,8H2,1-3H3. The van der Waals surface area contributed by atoms with Gasteiger partial charge in [-0.05, 0) is 46.3 Å². The third-order valence-electron chi connectivity index (χ3n) is 3.40. The van der Waals surface area contributed by atoms with Gasteiger partial charge >= 0.3 is 0 Å². The highest BCUT2D eigenvalue weighted by molar-refractivity contribution is 7.09. The highest BCUT2D eigenvalue weighted by Crippen LogP contribution is 2.38. The van der Waals surface area contributed by atoms with Gasteiger partial charge in [0.05, 0.1) is 6.04 Å². The van der Waals surface area contributed by atoms with Gasteiger partial charge in [0.25, 0.3) is 0 Å². The largest absolute Gasteiger partial charge is 0.319 e. The van der Waals surface area contributed by atoms with Crippen LogP contribution in [0.1, 0.15) is 31.3 Å². The number of hydrogen-bond acceptors (Lipinski definition) is 4. The van der Waals surface area contributed by atoms with Gasteiger partial charge in [-0.1, -0.05) is 0 Å². The summed E-state index contributed by atoms with van der Waals surface area (Å²) in [4.78, 5) is 7.10. The zero-order valence-corrected chi connectivity index (χ0v) is 11.1. The van der Waals surface area contributed by atoms with Gasteiger partial charge in [-0.25, -0.2) is 4.98 Å². The topological polar surface area (TPSA) is 28.2 Å². The molecule has 1 saturated heterocycles. The maximum absolute atomic E-state index is 4.51. The van der Waals surface area contributed by atoms with Gasteiger partial charge in [0.15, 0.2) is 0 Å². The van der Waals surface area contributed by atoms with Crippen LogP contribution in [0, 0.1) is 5.92 Å². The molecule has 16 heavy (non-hydrogen) atoms. The van der Waals surface area contributed by atoms with E-state index in [1.165, 1.54) is 18.0 Å². The molecule has 4 heteroatoms. The van der Waals surface area contributed by atoms with Crippen LogP contribution in [0.25, 0.3) is 0 Å². The molecule has 0 aliphatic carbocycles. The summed E-state index contributed by atoms with van der Waals surface area (Å²) in [5.74, 6) is 0.707. The maximum atomic E-state index is 4.51. The van der Waals surface area contributed by atoms with Crippen LogP contribution >= 0.6 is 11.3 Å². The number of aromatic nitrogens is 1. The molecular formula is C12H21N3S. The van der Waals surface area contributed by atoms with Crippen molar-refractivity contribution in [1.82, 2.24) is 15.2 Å². The van der Waals surface area contributed by atoms with E-state index in [-0.39, 0.29) is 0 Å². The number of likely N-dealkylation sites (tertiary alicyclic amines) is 1. The Morgan fingerprint density at radius 2 is 2.44 bits per heavy atom. The lowest BCUT2D eigenvalue weighted by Crippen LogP contribution is -2.33. The molecule has 1 aromatic rings. The Morgan fingerprint density at radius 3 is 3.00 bits per heavy atom. The van der Waals surface area contributed by atoms with Crippen LogP contribution in [0.4, 0.5) is 0 Å². The van der Waals surface area contributed by atoms with Crippen molar-refractivity contribution in [2.75, 3.05) is 20.1 Å². The first-order chi connectivity index (χ1) is 7.74. The maximum Gasteiger partial charge on any atom is 0.110 e. The summed E-state index contributed by atoms with van der Waals surface area (Å²) >= 11 is 1.79. The zero-order chi connectivity index (χ0) is 11.5. The van der Waals surface area contributed by atoms with Crippen LogP contribution in [0.3, 0.4) is 0 Å². The second-order valence-electron chi connectivity index (χ2n) is 4.75. The fourth-order valence-corrected chi connectivity index (χ4v) is 3.51. The van der Waals surface area contributed by atoms with Crippen molar-refractivity contribution in [2.24, 2.45) is 5.92 Å². The van der Waals surface area contributed by atoms with Crippen molar-refractivity contribution < 1.29 is 0 Å². The summed E-state index contributed by atoms with van der Waals surface area (Å²) in [6.45, 7) is 6.85. The summed E-state index contributed by atoms with van der Waals surface area (Å²) in [7, 11) is 2.04. The van der Waals surface area contributed by atoms with Crippen LogP contribution in [0.2, 0.25) is 0 Å². The quantitative estimate of drug-likeness (QED) is 0.872. The Balaban J connectivity index is 2.19. The minimum absolute atomic E-state index is 0.521. The summed E-state index contributed by atoms with van der Waals surface area (Å²) < 4.78 is 0. The van der Waals surface area contributed by atoms with E-state index in [1.807, 2.05) is 13.2 Å². The van der Waals surface area contributed by atoms with E-state index >= 15 is 0 Å². The first-order valence-electron chi connectivity index (χ1n) is 6.03. The molecular weight excluding hydrogens is 218 g/mol. The van der Waals surface area contributed by atoms with Crippen molar-refractivity contribution in [1.29, 1.82) is 0 Å². The van der Waals surface area contributed by atoms with Gasteiger partial charge < -0.3 is 5.32 Å². The molecule has 90 valence electrons. The molecule has 0 saturated carbocycles. The smallest absolute Gasteiger partial charge is 0.110 e. The van der Waals surface area contributed by atoms with Crippen LogP contribution in [-0.4, -0.2) is 36.1 Å². The molecule has 1 aliphatic heterocycles. The molecule has 1 aliphatic rings. The molecule has 1 fully saturated rings. The van der Waals surface area contributed by atoms with E-state index < -0.39 is 0 Å². The van der Waals surface area contributed by atoms with Gasteiger partial charge in [-0.3, -0.25) is 4.90 Å². The Morgan fingerprint density at radius 1 is 1.62 bits per heavy atom. The van der Waals surface area contributed by atoms with Crippen molar-refractivity contribution >= 4 is 11.3 Å². The molecule has 2 heterocycles. The Bertz CT molecular complexity index is 310. The Labute approximate surface area is 102 Å². The lowest BCUT2D eigenvalue weighted by molar-refractivity contribution is 0.182. The molecule has 0 aromatic carbocycles. The number of rotatable bonds is 4. The zero-order valence-electron chi connectivity index (χ0n) is 10.3. The summed E-state index contributed by atoms with van der Waals surface area (Å²) in [5, 5.41) is 6.68. The minimum atomic E-state index is 0.521. The summed E-state index contributed by atoms with van der Waals surface area (Å²) in [6.07, 6.45) is 3.20. The van der Waals surface area contributed by atoms with Crippen molar-refractivity contribution in [3.8, 4) is 0 Å². The predicted molar refractivity (Wildman–Crippen MR) is 68.7 cm³/mol. The normalized spacial score (nSPS) is 26.8. The predicted octanol–water partition coefficient (Wildman–Crippen LogP) is 2.13. The Hall–Kier alpha value is -0.450. The average molecular weight is 239 g/mol. The fourth-order valence-electron chi connectivity index (χ4n) is 2.66. The van der Waals surface area contributed by atoms with Gasteiger partial charge in [0.1, 0.15) is 5.01 Å². The molecule has 1 aromatic heterocycles. The molecule has 0 spiro atoms. The molecule has 3 nitrogen and oxygen atoms in total. The second kappa shape index (κ2) is 5.25. The van der Waals surface area contributed by atoms with Gasteiger partial charge in [-0.2, -0.15) is 0 Å². The van der Waals surface area contributed by atoms with E-state index in [4.69, 9.17) is 0 Å². The summed E-state index contributed by atoms with van der Waals surface area (Å²) in [6, 6.07) is 1.13. The average Bonchev–Trinajstić information content (AvgIpc) is 2.84. The fraction of sp³-hybridized carbons (Fsp3) is 0.750. The lowest BCUT2D eigenvalue weighted by Gasteiger charge is -2.29. The minimum Gasteiger partial charge on any atom is -0.319 e. The monoisotopic (exact) mass is 239 g/mol. The first-order valence-corrected chi connectivity index (χ1v) is 6.91. The number of hydrogen-bond donors (Lipinski definition) is 1. The molecule has 2 rings (SSSR count). The Kier molecular flexibility index (Phi) is 3.95.